The van der Waals surface area contributed by atoms with E-state index in [1.807, 2.05) is 0 Å². The summed E-state index contributed by atoms with van der Waals surface area (Å²) in [5, 5.41) is 4.88. The molecule has 0 saturated carbocycles. The van der Waals surface area contributed by atoms with E-state index < -0.39 is 43.4 Å². The predicted molar refractivity (Wildman–Crippen MR) is 179 cm³/mol. The molecule has 2 amide bonds. The molecule has 0 unspecified atom stereocenters. The lowest BCUT2D eigenvalue weighted by Crippen LogP contribution is -2.52. The van der Waals surface area contributed by atoms with Gasteiger partial charge in [0.25, 0.3) is 0 Å². The minimum Gasteiger partial charge on any atom is -0.460 e. The van der Waals surface area contributed by atoms with Crippen molar-refractivity contribution >= 4 is 49.1 Å². The molecule has 0 bridgehead atoms. The summed E-state index contributed by atoms with van der Waals surface area (Å²) in [7, 11) is -6.34. The molecule has 0 rings (SSSR count). The number of carbonyl (C=O) groups is 4. The van der Waals surface area contributed by atoms with Gasteiger partial charge in [0, 0.05) is 18.8 Å². The van der Waals surface area contributed by atoms with Crippen LogP contribution in [0.2, 0.25) is 51.4 Å². The number of nitrogens with one attached hydrogen (secondary N) is 2. The van der Waals surface area contributed by atoms with E-state index in [9.17, 15) is 19.2 Å². The van der Waals surface area contributed by atoms with E-state index in [2.05, 4.69) is 63.1 Å². The van der Waals surface area contributed by atoms with Crippen LogP contribution in [0.25, 0.3) is 0 Å². The average molecular weight is 693 g/mol. The van der Waals surface area contributed by atoms with E-state index in [4.69, 9.17) is 31.9 Å². The van der Waals surface area contributed by atoms with Crippen LogP contribution < -0.4 is 10.6 Å². The van der Waals surface area contributed by atoms with Gasteiger partial charge in [0.1, 0.15) is 19.8 Å². The third-order valence-corrected chi connectivity index (χ3v) is 17.4. The maximum Gasteiger partial charge on any atom is 0.407 e. The molecule has 0 aliphatic rings. The Kier molecular flexibility index (Phi) is 21.1. The van der Waals surface area contributed by atoms with Gasteiger partial charge in [0.05, 0.1) is 26.3 Å². The molecule has 0 aromatic rings. The number of Topliss-reactive ketones (excluding diaryl/α,β-unsaturated/α-hetero) is 1. The zero-order valence-corrected chi connectivity index (χ0v) is 31.6. The number of ketones is 1. The molecule has 0 heterocycles. The Balaban J connectivity index is 4.06. The zero-order chi connectivity index (χ0) is 34.5. The second-order valence-corrected chi connectivity index (χ2v) is 24.7. The third-order valence-electron chi connectivity index (χ3n) is 5.92. The van der Waals surface area contributed by atoms with E-state index in [0.717, 1.165) is 24.9 Å². The van der Waals surface area contributed by atoms with Crippen LogP contribution in [0.15, 0.2) is 24.3 Å². The number of alkyl carbamates (subject to hydrolysis) is 2. The van der Waals surface area contributed by atoms with Crippen LogP contribution in [0.1, 0.15) is 26.7 Å². The Bertz CT molecular complexity index is 975. The summed E-state index contributed by atoms with van der Waals surface area (Å²) in [4.78, 5) is 46.0. The van der Waals surface area contributed by atoms with Crippen LogP contribution in [0.3, 0.4) is 0 Å². The van der Waals surface area contributed by atoms with Gasteiger partial charge >= 0.3 is 26.7 Å². The van der Waals surface area contributed by atoms with Gasteiger partial charge < -0.3 is 42.5 Å². The standard InChI is InChI=1S/C29H56N2O11Si3/c1-24(2)26(32)23-31-29(35)40-20-18-37-15-12-22-44(7,8)42-45(9,10)41-43(5,6)21-11-14-36-17-19-39-28(34)30-13-16-38-27(33)25(3)4/h1,3,11-23H2,2,4-10H3,(H,30,34)(H,31,35). The molecule has 0 radical (unpaired) electrons. The van der Waals surface area contributed by atoms with Crippen molar-refractivity contribution in [3.05, 3.63) is 24.3 Å². The molecule has 0 saturated heterocycles. The first-order valence-corrected chi connectivity index (χ1v) is 24.3. The summed E-state index contributed by atoms with van der Waals surface area (Å²) in [5.41, 5.74) is 0.677. The number of ether oxygens (including phenoxy) is 5. The van der Waals surface area contributed by atoms with Crippen LogP contribution in [0.4, 0.5) is 9.59 Å². The van der Waals surface area contributed by atoms with Crippen LogP contribution in [0, 0.1) is 0 Å². The van der Waals surface area contributed by atoms with Crippen molar-refractivity contribution in [2.75, 3.05) is 59.3 Å². The molecule has 0 fully saturated rings. The highest BCUT2D eigenvalue weighted by Crippen LogP contribution is 2.26. The summed E-state index contributed by atoms with van der Waals surface area (Å²) in [5.74, 6) is -0.744. The van der Waals surface area contributed by atoms with E-state index in [0.29, 0.717) is 24.4 Å². The topological polar surface area (TPSA) is 157 Å². The molecule has 0 aromatic carbocycles. The molecule has 45 heavy (non-hydrogen) atoms. The first-order valence-electron chi connectivity index (χ1n) is 15.2. The normalized spacial score (nSPS) is 11.8. The summed E-state index contributed by atoms with van der Waals surface area (Å²) in [6.45, 7) is 25.0. The average Bonchev–Trinajstić information content (AvgIpc) is 2.91. The lowest BCUT2D eigenvalue weighted by molar-refractivity contribution is -0.138. The molecule has 2 N–H and O–H groups in total. The third kappa shape index (κ3) is 24.5. The number of hydrogen-bond acceptors (Lipinski definition) is 11. The van der Waals surface area contributed by atoms with E-state index >= 15 is 0 Å². The van der Waals surface area contributed by atoms with Gasteiger partial charge in [-0.15, -0.1) is 0 Å². The van der Waals surface area contributed by atoms with Gasteiger partial charge in [-0.1, -0.05) is 13.2 Å². The van der Waals surface area contributed by atoms with Gasteiger partial charge in [-0.3, -0.25) is 4.79 Å². The Morgan fingerprint density at radius 3 is 1.51 bits per heavy atom. The highest BCUT2D eigenvalue weighted by atomic mass is 28.5. The molecule has 260 valence electrons. The molecule has 0 atom stereocenters. The Morgan fingerprint density at radius 1 is 0.600 bits per heavy atom. The van der Waals surface area contributed by atoms with Crippen molar-refractivity contribution in [1.82, 2.24) is 10.6 Å². The first kappa shape index (κ1) is 42.7. The SMILES string of the molecule is C=C(C)C(=O)CNC(=O)OCCOCCC[Si](C)(C)O[Si](C)(C)O[Si](C)(C)CCCOCCOC(=O)NCCOC(=O)C(=C)C. The van der Waals surface area contributed by atoms with Crippen LogP contribution in [0.5, 0.6) is 0 Å². The van der Waals surface area contributed by atoms with Gasteiger partial charge in [-0.2, -0.15) is 0 Å². The number of amides is 2. The summed E-state index contributed by atoms with van der Waals surface area (Å²) < 4.78 is 39.4. The van der Waals surface area contributed by atoms with Gasteiger partial charge in [0.2, 0.25) is 0 Å². The quantitative estimate of drug-likeness (QED) is 0.0451. The van der Waals surface area contributed by atoms with Crippen molar-refractivity contribution in [2.45, 2.75) is 78.1 Å². The Morgan fingerprint density at radius 2 is 1.07 bits per heavy atom. The second-order valence-electron chi connectivity index (χ2n) is 12.2. The second kappa shape index (κ2) is 22.2. The highest BCUT2D eigenvalue weighted by Gasteiger charge is 2.39. The van der Waals surface area contributed by atoms with Crippen molar-refractivity contribution in [3.8, 4) is 0 Å². The maximum atomic E-state index is 11.7. The fourth-order valence-electron chi connectivity index (χ4n) is 4.07. The summed E-state index contributed by atoms with van der Waals surface area (Å²) in [6.07, 6.45) is 0.406. The van der Waals surface area contributed by atoms with E-state index in [1.54, 1.807) is 13.8 Å². The minimum atomic E-state index is -2.36. The smallest absolute Gasteiger partial charge is 0.407 e. The molecule has 0 spiro atoms. The monoisotopic (exact) mass is 692 g/mol. The lowest BCUT2D eigenvalue weighted by atomic mass is 10.2. The number of rotatable bonds is 25. The van der Waals surface area contributed by atoms with Gasteiger partial charge in [0.15, 0.2) is 22.4 Å². The van der Waals surface area contributed by atoms with Crippen LogP contribution >= 0.6 is 0 Å². The fourth-order valence-corrected chi connectivity index (χ4v) is 18.1. The van der Waals surface area contributed by atoms with E-state index in [-0.39, 0.29) is 51.9 Å². The molecular formula is C29H56N2O11Si3. The Labute approximate surface area is 272 Å². The van der Waals surface area contributed by atoms with Crippen molar-refractivity contribution in [2.24, 2.45) is 0 Å². The van der Waals surface area contributed by atoms with Crippen LogP contribution in [-0.2, 0) is 41.5 Å². The number of carbonyl (C=O) groups excluding carboxylic acids is 4. The predicted octanol–water partition coefficient (Wildman–Crippen LogP) is 4.66. The summed E-state index contributed by atoms with van der Waals surface area (Å²) in [6, 6.07) is 1.83. The molecule has 0 aliphatic carbocycles. The first-order chi connectivity index (χ1) is 20.9. The molecule has 16 heteroatoms. The highest BCUT2D eigenvalue weighted by molar-refractivity contribution is 6.87. The molecule has 0 aromatic heterocycles. The fraction of sp³-hybridized carbons (Fsp3) is 0.724. The van der Waals surface area contributed by atoms with E-state index in [1.165, 1.54) is 0 Å². The molecule has 13 nitrogen and oxygen atoms in total. The van der Waals surface area contributed by atoms with Crippen LogP contribution in [-0.4, -0.2) is 108 Å². The largest absolute Gasteiger partial charge is 0.460 e. The molecular weight excluding hydrogens is 637 g/mol. The maximum absolute atomic E-state index is 11.7. The van der Waals surface area contributed by atoms with Gasteiger partial charge in [-0.25, -0.2) is 14.4 Å². The van der Waals surface area contributed by atoms with Crippen molar-refractivity contribution < 1.29 is 51.1 Å². The minimum absolute atomic E-state index is 0.0435. The zero-order valence-electron chi connectivity index (χ0n) is 28.6. The van der Waals surface area contributed by atoms with Crippen molar-refractivity contribution in [1.29, 1.82) is 0 Å². The number of hydrogen-bond donors (Lipinski definition) is 2. The van der Waals surface area contributed by atoms with Gasteiger partial charge in [-0.05, 0) is 83.6 Å². The number of esters is 1. The van der Waals surface area contributed by atoms with Crippen molar-refractivity contribution in [3.63, 3.8) is 0 Å². The Hall–Kier alpha value is -2.35. The molecule has 0 aliphatic heterocycles. The lowest BCUT2D eigenvalue weighted by Gasteiger charge is -2.38. The summed E-state index contributed by atoms with van der Waals surface area (Å²) >= 11 is 0.